The van der Waals surface area contributed by atoms with Gasteiger partial charge in [0.2, 0.25) is 5.91 Å². The Labute approximate surface area is 139 Å². The Bertz CT molecular complexity index is 542. The first-order valence-corrected chi connectivity index (χ1v) is 8.29. The molecule has 1 amide bonds. The molecule has 1 aliphatic heterocycles. The molecule has 1 aliphatic rings. The summed E-state index contributed by atoms with van der Waals surface area (Å²) in [5, 5.41) is 3.15. The monoisotopic (exact) mass is 320 g/mol. The summed E-state index contributed by atoms with van der Waals surface area (Å²) in [4.78, 5) is 14.8. The Hall–Kier alpha value is -1.75. The first-order chi connectivity index (χ1) is 11.1. The maximum Gasteiger partial charge on any atom is 0.240 e. The zero-order valence-corrected chi connectivity index (χ0v) is 14.8. The summed E-state index contributed by atoms with van der Waals surface area (Å²) in [5.74, 6) is 1.76. The third-order valence-electron chi connectivity index (χ3n) is 4.67. The van der Waals surface area contributed by atoms with E-state index in [0.29, 0.717) is 0 Å². The van der Waals surface area contributed by atoms with Crippen LogP contribution in [-0.2, 0) is 11.2 Å². The molecule has 0 saturated carbocycles. The van der Waals surface area contributed by atoms with Crippen molar-refractivity contribution in [2.75, 3.05) is 27.8 Å². The van der Waals surface area contributed by atoms with E-state index >= 15 is 0 Å². The molecule has 0 spiro atoms. The highest BCUT2D eigenvalue weighted by Gasteiger charge is 2.33. The largest absolute Gasteiger partial charge is 0.497 e. The standard InChI is InChI=1S/C18H28N2O3/c1-6-7-15(19-3)18(21)20-9-8-13-10-14(22-4)11-16(23-5)17(13)12(20)2/h10-12,15,19H,6-9H2,1-5H3. The number of benzene rings is 1. The molecule has 2 atom stereocenters. The molecule has 0 aromatic heterocycles. The van der Waals surface area contributed by atoms with Gasteiger partial charge in [0.25, 0.3) is 0 Å². The molecule has 0 radical (unpaired) electrons. The average Bonchev–Trinajstić information content (AvgIpc) is 2.58. The Morgan fingerprint density at radius 1 is 1.39 bits per heavy atom. The molecule has 2 unspecified atom stereocenters. The highest BCUT2D eigenvalue weighted by Crippen LogP contribution is 2.39. The molecule has 0 bridgehead atoms. The fourth-order valence-electron chi connectivity index (χ4n) is 3.40. The van der Waals surface area contributed by atoms with Gasteiger partial charge in [-0.2, -0.15) is 0 Å². The molecule has 1 aromatic rings. The van der Waals surface area contributed by atoms with Crippen molar-refractivity contribution in [2.45, 2.75) is 45.2 Å². The fraction of sp³-hybridized carbons (Fsp3) is 0.611. The minimum Gasteiger partial charge on any atom is -0.497 e. The fourth-order valence-corrected chi connectivity index (χ4v) is 3.40. The van der Waals surface area contributed by atoms with E-state index < -0.39 is 0 Å². The Morgan fingerprint density at radius 3 is 2.70 bits per heavy atom. The molecule has 5 heteroatoms. The average molecular weight is 320 g/mol. The minimum atomic E-state index is -0.117. The summed E-state index contributed by atoms with van der Waals surface area (Å²) < 4.78 is 10.9. The van der Waals surface area contributed by atoms with Crippen molar-refractivity contribution in [3.05, 3.63) is 23.3 Å². The van der Waals surface area contributed by atoms with Gasteiger partial charge in [-0.3, -0.25) is 4.79 Å². The minimum absolute atomic E-state index is 0.000174. The van der Waals surface area contributed by atoms with Gasteiger partial charge in [-0.25, -0.2) is 0 Å². The zero-order chi connectivity index (χ0) is 17.0. The van der Waals surface area contributed by atoms with E-state index in [0.717, 1.165) is 42.9 Å². The van der Waals surface area contributed by atoms with Crippen LogP contribution in [0.15, 0.2) is 12.1 Å². The van der Waals surface area contributed by atoms with Crippen molar-refractivity contribution < 1.29 is 14.3 Å². The number of nitrogens with zero attached hydrogens (tertiary/aromatic N) is 1. The lowest BCUT2D eigenvalue weighted by molar-refractivity contribution is -0.136. The van der Waals surface area contributed by atoms with Crippen LogP contribution in [0.1, 0.15) is 43.9 Å². The molecular weight excluding hydrogens is 292 g/mol. The lowest BCUT2D eigenvalue weighted by Gasteiger charge is -2.38. The SMILES string of the molecule is CCCC(NC)C(=O)N1CCc2cc(OC)cc(OC)c2C1C. The van der Waals surface area contributed by atoms with Crippen LogP contribution in [0.4, 0.5) is 0 Å². The number of fused-ring (bicyclic) bond motifs is 1. The number of hydrogen-bond donors (Lipinski definition) is 1. The van der Waals surface area contributed by atoms with E-state index in [9.17, 15) is 4.79 Å². The predicted octanol–water partition coefficient (Wildman–Crippen LogP) is 2.54. The highest BCUT2D eigenvalue weighted by atomic mass is 16.5. The lowest BCUT2D eigenvalue weighted by atomic mass is 9.91. The number of ether oxygens (including phenoxy) is 2. The molecule has 1 heterocycles. The van der Waals surface area contributed by atoms with Gasteiger partial charge < -0.3 is 19.7 Å². The Morgan fingerprint density at radius 2 is 2.13 bits per heavy atom. The molecule has 1 N–H and O–H groups in total. The van der Waals surface area contributed by atoms with Crippen LogP contribution in [0.5, 0.6) is 11.5 Å². The van der Waals surface area contributed by atoms with Crippen LogP contribution >= 0.6 is 0 Å². The maximum atomic E-state index is 12.9. The van der Waals surface area contributed by atoms with Crippen LogP contribution < -0.4 is 14.8 Å². The molecule has 0 aliphatic carbocycles. The maximum absolute atomic E-state index is 12.9. The molecule has 2 rings (SSSR count). The van der Waals surface area contributed by atoms with E-state index in [1.165, 1.54) is 5.56 Å². The second-order valence-corrected chi connectivity index (χ2v) is 5.99. The molecule has 128 valence electrons. The van der Waals surface area contributed by atoms with Gasteiger partial charge in [0.05, 0.1) is 26.3 Å². The summed E-state index contributed by atoms with van der Waals surface area (Å²) in [6, 6.07) is 3.83. The van der Waals surface area contributed by atoms with E-state index in [4.69, 9.17) is 9.47 Å². The van der Waals surface area contributed by atoms with Crippen molar-refractivity contribution in [3.8, 4) is 11.5 Å². The summed E-state index contributed by atoms with van der Waals surface area (Å²) >= 11 is 0. The molecule has 23 heavy (non-hydrogen) atoms. The third-order valence-corrected chi connectivity index (χ3v) is 4.67. The van der Waals surface area contributed by atoms with Gasteiger partial charge in [-0.1, -0.05) is 13.3 Å². The first-order valence-electron chi connectivity index (χ1n) is 8.29. The number of nitrogens with one attached hydrogen (secondary N) is 1. The van der Waals surface area contributed by atoms with Crippen molar-refractivity contribution in [3.63, 3.8) is 0 Å². The third kappa shape index (κ3) is 3.44. The van der Waals surface area contributed by atoms with Crippen molar-refractivity contribution in [2.24, 2.45) is 0 Å². The number of hydrogen-bond acceptors (Lipinski definition) is 4. The van der Waals surface area contributed by atoms with E-state index in [-0.39, 0.29) is 18.0 Å². The van der Waals surface area contributed by atoms with E-state index in [1.807, 2.05) is 18.0 Å². The van der Waals surface area contributed by atoms with Crippen LogP contribution in [0.25, 0.3) is 0 Å². The summed E-state index contributed by atoms with van der Waals surface area (Å²) in [6.45, 7) is 4.90. The number of methoxy groups -OCH3 is 2. The second-order valence-electron chi connectivity index (χ2n) is 5.99. The number of carbonyl (C=O) groups excluding carboxylic acids is 1. The van der Waals surface area contributed by atoms with Gasteiger partial charge in [-0.15, -0.1) is 0 Å². The number of rotatable bonds is 6. The molecule has 1 aromatic carbocycles. The topological polar surface area (TPSA) is 50.8 Å². The first kappa shape index (κ1) is 17.6. The number of likely N-dealkylation sites (N-methyl/N-ethyl adjacent to an activating group) is 1. The van der Waals surface area contributed by atoms with Crippen LogP contribution in [0, 0.1) is 0 Å². The second kappa shape index (κ2) is 7.68. The van der Waals surface area contributed by atoms with Crippen LogP contribution in [-0.4, -0.2) is 44.7 Å². The van der Waals surface area contributed by atoms with Gasteiger partial charge >= 0.3 is 0 Å². The molecular formula is C18H28N2O3. The van der Waals surface area contributed by atoms with Crippen molar-refractivity contribution >= 4 is 5.91 Å². The zero-order valence-electron chi connectivity index (χ0n) is 14.8. The van der Waals surface area contributed by atoms with Crippen LogP contribution in [0.2, 0.25) is 0 Å². The Balaban J connectivity index is 2.33. The quantitative estimate of drug-likeness (QED) is 0.875. The van der Waals surface area contributed by atoms with Gasteiger partial charge in [0, 0.05) is 18.2 Å². The molecule has 0 fully saturated rings. The van der Waals surface area contributed by atoms with E-state index in [1.54, 1.807) is 14.2 Å². The molecule has 0 saturated heterocycles. The predicted molar refractivity (Wildman–Crippen MR) is 91.1 cm³/mol. The Kier molecular flexibility index (Phi) is 5.88. The summed E-state index contributed by atoms with van der Waals surface area (Å²) in [5.41, 5.74) is 2.30. The van der Waals surface area contributed by atoms with Gasteiger partial charge in [-0.05, 0) is 38.4 Å². The molecule has 5 nitrogen and oxygen atoms in total. The van der Waals surface area contributed by atoms with Gasteiger partial charge in [0.1, 0.15) is 11.5 Å². The van der Waals surface area contributed by atoms with Crippen molar-refractivity contribution in [1.29, 1.82) is 0 Å². The summed E-state index contributed by atoms with van der Waals surface area (Å²) in [6.07, 6.45) is 2.66. The summed E-state index contributed by atoms with van der Waals surface area (Å²) in [7, 11) is 5.17. The number of carbonyl (C=O) groups is 1. The normalized spacial score (nSPS) is 18.3. The van der Waals surface area contributed by atoms with Crippen LogP contribution in [0.3, 0.4) is 0 Å². The number of amides is 1. The highest BCUT2D eigenvalue weighted by molar-refractivity contribution is 5.82. The van der Waals surface area contributed by atoms with E-state index in [2.05, 4.69) is 25.2 Å². The lowest BCUT2D eigenvalue weighted by Crippen LogP contribution is -2.48. The van der Waals surface area contributed by atoms with Crippen molar-refractivity contribution in [1.82, 2.24) is 10.2 Å². The van der Waals surface area contributed by atoms with Gasteiger partial charge in [0.15, 0.2) is 0 Å². The smallest absolute Gasteiger partial charge is 0.240 e.